The van der Waals surface area contributed by atoms with Gasteiger partial charge in [0.2, 0.25) is 0 Å². The Morgan fingerprint density at radius 3 is 2.26 bits per heavy atom. The molecule has 1 nitrogen and oxygen atoms in total. The molecule has 0 aliphatic rings. The zero-order valence-corrected chi connectivity index (χ0v) is 12.9. The molecule has 1 aromatic rings. The largest absolute Gasteiger partial charge is 0.313 e. The van der Waals surface area contributed by atoms with Crippen molar-refractivity contribution in [1.82, 2.24) is 5.32 Å². The molecule has 0 radical (unpaired) electrons. The number of halogens is 2. The molecule has 4 heteroatoms. The van der Waals surface area contributed by atoms with Gasteiger partial charge in [0.25, 0.3) is 0 Å². The van der Waals surface area contributed by atoms with E-state index in [1.54, 1.807) is 11.8 Å². The van der Waals surface area contributed by atoms with Gasteiger partial charge in [-0.2, -0.15) is 11.8 Å². The highest BCUT2D eigenvalue weighted by Crippen LogP contribution is 2.25. The van der Waals surface area contributed by atoms with Crippen LogP contribution in [0.15, 0.2) is 18.2 Å². The van der Waals surface area contributed by atoms with E-state index in [1.165, 1.54) is 18.2 Å². The second kappa shape index (κ2) is 7.25. The number of hydrogen-bond acceptors (Lipinski definition) is 2. The minimum atomic E-state index is -0.455. The van der Waals surface area contributed by atoms with E-state index in [0.29, 0.717) is 6.42 Å². The van der Waals surface area contributed by atoms with Crippen molar-refractivity contribution in [3.05, 3.63) is 35.4 Å². The first-order valence-corrected chi connectivity index (χ1v) is 7.62. The molecular formula is C15H23F2NS. The first-order valence-electron chi connectivity index (χ1n) is 6.63. The molecule has 0 saturated carbocycles. The third-order valence-corrected chi connectivity index (χ3v) is 4.16. The SMILES string of the molecule is CCNC(CSC(C)(C)C)Cc1c(F)cccc1F. The Hall–Kier alpha value is -0.610. The summed E-state index contributed by atoms with van der Waals surface area (Å²) < 4.78 is 27.5. The van der Waals surface area contributed by atoms with E-state index < -0.39 is 11.6 Å². The van der Waals surface area contributed by atoms with Gasteiger partial charge in [-0.25, -0.2) is 8.78 Å². The van der Waals surface area contributed by atoms with Crippen molar-refractivity contribution in [2.75, 3.05) is 12.3 Å². The van der Waals surface area contributed by atoms with Crippen molar-refractivity contribution in [2.24, 2.45) is 0 Å². The Morgan fingerprint density at radius 1 is 1.21 bits per heavy atom. The van der Waals surface area contributed by atoms with Crippen LogP contribution in [0.4, 0.5) is 8.78 Å². The summed E-state index contributed by atoms with van der Waals surface area (Å²) >= 11 is 1.81. The van der Waals surface area contributed by atoms with Crippen LogP contribution in [0.3, 0.4) is 0 Å². The van der Waals surface area contributed by atoms with Crippen LogP contribution < -0.4 is 5.32 Å². The van der Waals surface area contributed by atoms with Crippen molar-refractivity contribution < 1.29 is 8.78 Å². The number of thioether (sulfide) groups is 1. The molecule has 1 aromatic carbocycles. The molecule has 108 valence electrons. The zero-order chi connectivity index (χ0) is 14.5. The van der Waals surface area contributed by atoms with Gasteiger partial charge < -0.3 is 5.32 Å². The molecule has 0 saturated heterocycles. The Bertz CT molecular complexity index is 381. The Kier molecular flexibility index (Phi) is 6.27. The maximum atomic E-state index is 13.7. The van der Waals surface area contributed by atoms with E-state index in [2.05, 4.69) is 26.1 Å². The Balaban J connectivity index is 2.72. The lowest BCUT2D eigenvalue weighted by Crippen LogP contribution is -2.35. The van der Waals surface area contributed by atoms with Crippen molar-refractivity contribution in [3.63, 3.8) is 0 Å². The second-order valence-corrected chi connectivity index (χ2v) is 7.43. The van der Waals surface area contributed by atoms with E-state index in [4.69, 9.17) is 0 Å². The second-order valence-electron chi connectivity index (χ2n) is 5.58. The summed E-state index contributed by atoms with van der Waals surface area (Å²) in [6.07, 6.45) is 0.384. The van der Waals surface area contributed by atoms with Gasteiger partial charge >= 0.3 is 0 Å². The summed E-state index contributed by atoms with van der Waals surface area (Å²) in [5.41, 5.74) is 0.183. The number of benzene rings is 1. The van der Waals surface area contributed by atoms with Crippen LogP contribution in [-0.2, 0) is 6.42 Å². The average molecular weight is 287 g/mol. The van der Waals surface area contributed by atoms with E-state index in [-0.39, 0.29) is 16.4 Å². The van der Waals surface area contributed by atoms with Gasteiger partial charge in [0.1, 0.15) is 11.6 Å². The minimum Gasteiger partial charge on any atom is -0.313 e. The fourth-order valence-corrected chi connectivity index (χ4v) is 2.74. The molecule has 0 spiro atoms. The minimum absolute atomic E-state index is 0.0839. The lowest BCUT2D eigenvalue weighted by molar-refractivity contribution is 0.511. The maximum Gasteiger partial charge on any atom is 0.129 e. The molecule has 19 heavy (non-hydrogen) atoms. The molecule has 0 fully saturated rings. The monoisotopic (exact) mass is 287 g/mol. The lowest BCUT2D eigenvalue weighted by Gasteiger charge is -2.24. The third kappa shape index (κ3) is 5.91. The zero-order valence-electron chi connectivity index (χ0n) is 12.1. The fourth-order valence-electron chi connectivity index (χ4n) is 1.80. The van der Waals surface area contributed by atoms with Crippen LogP contribution in [0.2, 0.25) is 0 Å². The van der Waals surface area contributed by atoms with Crippen molar-refractivity contribution in [2.45, 2.75) is 44.9 Å². The summed E-state index contributed by atoms with van der Waals surface area (Å²) in [6, 6.07) is 4.12. The van der Waals surface area contributed by atoms with Gasteiger partial charge in [-0.15, -0.1) is 0 Å². The molecule has 1 N–H and O–H groups in total. The van der Waals surface area contributed by atoms with Crippen molar-refractivity contribution >= 4 is 11.8 Å². The standard InChI is InChI=1S/C15H23F2NS/c1-5-18-11(10-19-15(2,3)4)9-12-13(16)7-6-8-14(12)17/h6-8,11,18H,5,9-10H2,1-4H3. The molecule has 0 heterocycles. The van der Waals surface area contributed by atoms with Gasteiger partial charge in [0.05, 0.1) is 0 Å². The van der Waals surface area contributed by atoms with Crippen LogP contribution in [0.5, 0.6) is 0 Å². The Morgan fingerprint density at radius 2 is 1.79 bits per heavy atom. The summed E-state index contributed by atoms with van der Waals surface area (Å²) in [4.78, 5) is 0. The normalized spacial score (nSPS) is 13.6. The highest BCUT2D eigenvalue weighted by atomic mass is 32.2. The fraction of sp³-hybridized carbons (Fsp3) is 0.600. The van der Waals surface area contributed by atoms with Gasteiger partial charge in [-0.3, -0.25) is 0 Å². The summed E-state index contributed by atoms with van der Waals surface area (Å²) in [7, 11) is 0. The highest BCUT2D eigenvalue weighted by molar-refractivity contribution is 8.00. The molecule has 0 amide bonds. The van der Waals surface area contributed by atoms with Gasteiger partial charge in [-0.1, -0.05) is 33.8 Å². The predicted octanol–water partition coefficient (Wildman–Crippen LogP) is 4.02. The van der Waals surface area contributed by atoms with Crippen molar-refractivity contribution in [1.29, 1.82) is 0 Å². The number of rotatable bonds is 6. The van der Waals surface area contributed by atoms with E-state index in [1.807, 2.05) is 6.92 Å². The summed E-state index contributed by atoms with van der Waals surface area (Å²) in [5, 5.41) is 3.30. The Labute approximate surface area is 119 Å². The van der Waals surface area contributed by atoms with Gasteiger partial charge in [0.15, 0.2) is 0 Å². The molecule has 0 aromatic heterocycles. The average Bonchev–Trinajstić information content (AvgIpc) is 2.30. The molecule has 0 aliphatic carbocycles. The van der Waals surface area contributed by atoms with Crippen LogP contribution in [0.1, 0.15) is 33.3 Å². The third-order valence-electron chi connectivity index (χ3n) is 2.72. The number of hydrogen-bond donors (Lipinski definition) is 1. The number of nitrogens with one attached hydrogen (secondary N) is 1. The van der Waals surface area contributed by atoms with Crippen LogP contribution >= 0.6 is 11.8 Å². The van der Waals surface area contributed by atoms with Crippen LogP contribution in [0, 0.1) is 11.6 Å². The van der Waals surface area contributed by atoms with E-state index in [9.17, 15) is 8.78 Å². The molecule has 1 unspecified atom stereocenters. The molecule has 1 rings (SSSR count). The topological polar surface area (TPSA) is 12.0 Å². The predicted molar refractivity (Wildman–Crippen MR) is 79.7 cm³/mol. The lowest BCUT2D eigenvalue weighted by atomic mass is 10.1. The maximum absolute atomic E-state index is 13.7. The molecule has 0 aliphatic heterocycles. The van der Waals surface area contributed by atoms with Gasteiger partial charge in [0, 0.05) is 22.1 Å². The molecule has 1 atom stereocenters. The quantitative estimate of drug-likeness (QED) is 0.848. The van der Waals surface area contributed by atoms with Crippen LogP contribution in [0.25, 0.3) is 0 Å². The van der Waals surface area contributed by atoms with Crippen molar-refractivity contribution in [3.8, 4) is 0 Å². The van der Waals surface area contributed by atoms with Gasteiger partial charge in [-0.05, 0) is 25.1 Å². The van der Waals surface area contributed by atoms with E-state index >= 15 is 0 Å². The first kappa shape index (κ1) is 16.4. The number of likely N-dealkylation sites (N-methyl/N-ethyl adjacent to an activating group) is 1. The summed E-state index contributed by atoms with van der Waals surface area (Å²) in [5.74, 6) is -0.0715. The summed E-state index contributed by atoms with van der Waals surface area (Å²) in [6.45, 7) is 9.23. The smallest absolute Gasteiger partial charge is 0.129 e. The molecular weight excluding hydrogens is 264 g/mol. The van der Waals surface area contributed by atoms with E-state index in [0.717, 1.165) is 12.3 Å². The molecule has 0 bridgehead atoms. The first-order chi connectivity index (χ1) is 8.83. The van der Waals surface area contributed by atoms with Crippen LogP contribution in [-0.4, -0.2) is 23.1 Å². The highest BCUT2D eigenvalue weighted by Gasteiger charge is 2.18.